The fraction of sp³-hybridized carbons (Fsp3) is 0. The number of aromatic nitrogens is 4. The minimum Gasteiger partial charge on any atom is -0.294 e. The summed E-state index contributed by atoms with van der Waals surface area (Å²) in [5.74, 6) is 0. The highest BCUT2D eigenvalue weighted by molar-refractivity contribution is 6.07. The molecule has 4 nitrogen and oxygen atoms in total. The molecule has 4 aromatic heterocycles. The average molecular weight is 513 g/mol. The zero-order valence-corrected chi connectivity index (χ0v) is 21.6. The second-order valence-electron chi connectivity index (χ2n) is 9.97. The molecule has 0 atom stereocenters. The lowest BCUT2D eigenvalue weighted by Gasteiger charge is -2.13. The summed E-state index contributed by atoms with van der Waals surface area (Å²) in [5.41, 5.74) is 11.6. The molecule has 4 heteroatoms. The highest BCUT2D eigenvalue weighted by Crippen LogP contribution is 2.35. The standard InChI is InChI=1S/C36H24N4/c1-3-12-25(13-4-1)28-23-31(26-14-5-2-6-15-26)37-32(24-28)27-16-11-17-29(22-27)40-33-19-8-7-18-30(33)35-36(40)39-21-10-9-20-34(39)38-35/h1-24H. The topological polar surface area (TPSA) is 35.1 Å². The Hall–Kier alpha value is -5.48. The quantitative estimate of drug-likeness (QED) is 0.236. The Labute approximate surface area is 231 Å². The number of hydrogen-bond acceptors (Lipinski definition) is 2. The van der Waals surface area contributed by atoms with E-state index in [9.17, 15) is 0 Å². The van der Waals surface area contributed by atoms with Crippen molar-refractivity contribution in [1.82, 2.24) is 18.9 Å². The Morgan fingerprint density at radius 2 is 1.15 bits per heavy atom. The van der Waals surface area contributed by atoms with Crippen molar-refractivity contribution in [2.75, 3.05) is 0 Å². The summed E-state index contributed by atoms with van der Waals surface area (Å²) >= 11 is 0. The third kappa shape index (κ3) is 3.62. The van der Waals surface area contributed by atoms with Crippen LogP contribution in [0.4, 0.5) is 0 Å². The lowest BCUT2D eigenvalue weighted by Crippen LogP contribution is -1.98. The number of para-hydroxylation sites is 1. The predicted molar refractivity (Wildman–Crippen MR) is 164 cm³/mol. The van der Waals surface area contributed by atoms with Crippen molar-refractivity contribution in [2.24, 2.45) is 0 Å². The van der Waals surface area contributed by atoms with Gasteiger partial charge in [-0.15, -0.1) is 0 Å². The Morgan fingerprint density at radius 3 is 1.98 bits per heavy atom. The molecule has 0 aliphatic heterocycles. The van der Waals surface area contributed by atoms with Crippen LogP contribution in [0.3, 0.4) is 0 Å². The van der Waals surface area contributed by atoms with Gasteiger partial charge in [-0.05, 0) is 53.6 Å². The van der Waals surface area contributed by atoms with Gasteiger partial charge in [0.1, 0.15) is 11.2 Å². The van der Waals surface area contributed by atoms with E-state index in [4.69, 9.17) is 9.97 Å². The van der Waals surface area contributed by atoms with E-state index in [0.29, 0.717) is 0 Å². The lowest BCUT2D eigenvalue weighted by molar-refractivity contribution is 1.09. The van der Waals surface area contributed by atoms with Crippen LogP contribution in [0.2, 0.25) is 0 Å². The highest BCUT2D eigenvalue weighted by atomic mass is 15.1. The van der Waals surface area contributed by atoms with Crippen molar-refractivity contribution in [3.05, 3.63) is 146 Å². The van der Waals surface area contributed by atoms with Crippen LogP contribution < -0.4 is 0 Å². The Kier molecular flexibility index (Phi) is 5.10. The molecule has 4 aromatic carbocycles. The molecule has 0 bridgehead atoms. The molecule has 0 aliphatic carbocycles. The van der Waals surface area contributed by atoms with E-state index in [1.165, 1.54) is 5.56 Å². The van der Waals surface area contributed by atoms with Crippen LogP contribution >= 0.6 is 0 Å². The second kappa shape index (κ2) is 9.07. The Bertz CT molecular complexity index is 2090. The number of imidazole rings is 1. The molecule has 0 aliphatic rings. The van der Waals surface area contributed by atoms with Crippen molar-refractivity contribution in [2.45, 2.75) is 0 Å². The SMILES string of the molecule is c1ccc(-c2cc(-c3ccccc3)nc(-c3cccc(-n4c5ccccc5c5nc6ccccn6c54)c3)c2)cc1. The van der Waals surface area contributed by atoms with Crippen molar-refractivity contribution in [1.29, 1.82) is 0 Å². The van der Waals surface area contributed by atoms with Crippen LogP contribution in [0.1, 0.15) is 0 Å². The third-order valence-corrected chi connectivity index (χ3v) is 7.52. The number of nitrogens with zero attached hydrogens (tertiary/aromatic N) is 4. The second-order valence-corrected chi connectivity index (χ2v) is 9.97. The number of hydrogen-bond donors (Lipinski definition) is 0. The number of fused-ring (bicyclic) bond motifs is 5. The summed E-state index contributed by atoms with van der Waals surface area (Å²) in [4.78, 5) is 10.1. The van der Waals surface area contributed by atoms with Crippen LogP contribution in [-0.4, -0.2) is 18.9 Å². The first-order chi connectivity index (χ1) is 19.8. The molecule has 0 unspecified atom stereocenters. The fourth-order valence-corrected chi connectivity index (χ4v) is 5.66. The number of benzene rings is 4. The maximum Gasteiger partial charge on any atom is 0.150 e. The van der Waals surface area contributed by atoms with E-state index in [0.717, 1.165) is 61.5 Å². The van der Waals surface area contributed by atoms with E-state index in [2.05, 4.69) is 143 Å². The van der Waals surface area contributed by atoms with Gasteiger partial charge in [-0.3, -0.25) is 8.97 Å². The third-order valence-electron chi connectivity index (χ3n) is 7.52. The summed E-state index contributed by atoms with van der Waals surface area (Å²) in [7, 11) is 0. The molecule has 8 aromatic rings. The van der Waals surface area contributed by atoms with Crippen molar-refractivity contribution >= 4 is 27.7 Å². The first-order valence-electron chi connectivity index (χ1n) is 13.4. The van der Waals surface area contributed by atoms with Gasteiger partial charge >= 0.3 is 0 Å². The average Bonchev–Trinajstić information content (AvgIpc) is 3.57. The Morgan fingerprint density at radius 1 is 0.475 bits per heavy atom. The van der Waals surface area contributed by atoms with E-state index in [1.54, 1.807) is 0 Å². The van der Waals surface area contributed by atoms with Gasteiger partial charge in [0, 0.05) is 28.4 Å². The summed E-state index contributed by atoms with van der Waals surface area (Å²) < 4.78 is 4.48. The monoisotopic (exact) mass is 512 g/mol. The number of rotatable bonds is 4. The molecular weight excluding hydrogens is 488 g/mol. The summed E-state index contributed by atoms with van der Waals surface area (Å²) in [6, 6.07) is 48.6. The molecule has 0 N–H and O–H groups in total. The van der Waals surface area contributed by atoms with Gasteiger partial charge in [-0.25, -0.2) is 9.97 Å². The molecular formula is C36H24N4. The maximum atomic E-state index is 5.16. The van der Waals surface area contributed by atoms with Gasteiger partial charge in [0.05, 0.1) is 16.9 Å². The molecule has 0 fully saturated rings. The number of pyridine rings is 2. The summed E-state index contributed by atoms with van der Waals surface area (Å²) in [6.45, 7) is 0. The first kappa shape index (κ1) is 22.5. The van der Waals surface area contributed by atoms with Crippen LogP contribution in [-0.2, 0) is 0 Å². The van der Waals surface area contributed by atoms with Crippen LogP contribution in [0, 0.1) is 0 Å². The van der Waals surface area contributed by atoms with E-state index in [1.807, 2.05) is 12.1 Å². The normalized spacial score (nSPS) is 11.5. The minimum atomic E-state index is 0.938. The van der Waals surface area contributed by atoms with Gasteiger partial charge < -0.3 is 0 Å². The first-order valence-corrected chi connectivity index (χ1v) is 13.4. The molecule has 8 rings (SSSR count). The molecule has 40 heavy (non-hydrogen) atoms. The minimum absolute atomic E-state index is 0.938. The zero-order chi connectivity index (χ0) is 26.5. The molecule has 188 valence electrons. The van der Waals surface area contributed by atoms with Gasteiger partial charge in [-0.2, -0.15) is 0 Å². The van der Waals surface area contributed by atoms with Crippen molar-refractivity contribution in [3.8, 4) is 39.3 Å². The van der Waals surface area contributed by atoms with Crippen LogP contribution in [0.5, 0.6) is 0 Å². The van der Waals surface area contributed by atoms with E-state index in [-0.39, 0.29) is 0 Å². The van der Waals surface area contributed by atoms with Crippen molar-refractivity contribution in [3.63, 3.8) is 0 Å². The predicted octanol–water partition coefficient (Wildman–Crippen LogP) is 8.83. The largest absolute Gasteiger partial charge is 0.294 e. The Balaban J connectivity index is 1.36. The van der Waals surface area contributed by atoms with Gasteiger partial charge in [-0.1, -0.05) is 97.1 Å². The molecule has 0 saturated carbocycles. The highest BCUT2D eigenvalue weighted by Gasteiger charge is 2.18. The van der Waals surface area contributed by atoms with Gasteiger partial charge in [0.25, 0.3) is 0 Å². The van der Waals surface area contributed by atoms with Gasteiger partial charge in [0.15, 0.2) is 5.65 Å². The van der Waals surface area contributed by atoms with Crippen LogP contribution in [0.25, 0.3) is 67.0 Å². The van der Waals surface area contributed by atoms with Crippen molar-refractivity contribution < 1.29 is 0 Å². The van der Waals surface area contributed by atoms with Crippen LogP contribution in [0.15, 0.2) is 146 Å². The molecule has 0 saturated heterocycles. The maximum absolute atomic E-state index is 5.16. The van der Waals surface area contributed by atoms with E-state index >= 15 is 0 Å². The molecule has 0 amide bonds. The zero-order valence-electron chi connectivity index (χ0n) is 21.6. The molecule has 0 radical (unpaired) electrons. The molecule has 4 heterocycles. The smallest absolute Gasteiger partial charge is 0.150 e. The summed E-state index contributed by atoms with van der Waals surface area (Å²) in [5, 5.41) is 1.14. The van der Waals surface area contributed by atoms with E-state index < -0.39 is 0 Å². The molecule has 0 spiro atoms. The fourth-order valence-electron chi connectivity index (χ4n) is 5.66. The lowest BCUT2D eigenvalue weighted by atomic mass is 10.00. The summed E-state index contributed by atoms with van der Waals surface area (Å²) in [6.07, 6.45) is 2.08. The van der Waals surface area contributed by atoms with Gasteiger partial charge in [0.2, 0.25) is 0 Å².